The molecule has 1 aromatic rings. The van der Waals surface area contributed by atoms with Crippen molar-refractivity contribution in [2.24, 2.45) is 0 Å². The van der Waals surface area contributed by atoms with Gasteiger partial charge in [0.2, 0.25) is 0 Å². The van der Waals surface area contributed by atoms with Crippen LogP contribution in [0.15, 0.2) is 54.0 Å². The van der Waals surface area contributed by atoms with Crippen LogP contribution >= 0.6 is 0 Å². The van der Waals surface area contributed by atoms with E-state index in [-0.39, 0.29) is 5.95 Å². The molecule has 1 aromatic carbocycles. The molecule has 0 saturated carbocycles. The van der Waals surface area contributed by atoms with Crippen molar-refractivity contribution >= 4 is 11.8 Å². The molecule has 0 aliphatic rings. The van der Waals surface area contributed by atoms with E-state index >= 15 is 0 Å². The molecule has 0 aliphatic carbocycles. The van der Waals surface area contributed by atoms with Crippen LogP contribution in [-0.4, -0.2) is 13.6 Å². The Morgan fingerprint density at radius 3 is 2.45 bits per heavy atom. The number of benzene rings is 1. The lowest BCUT2D eigenvalue weighted by Crippen LogP contribution is -2.08. The van der Waals surface area contributed by atoms with Crippen LogP contribution in [0.25, 0.3) is 6.08 Å². The van der Waals surface area contributed by atoms with E-state index in [9.17, 15) is 4.39 Å². The fourth-order valence-electron chi connectivity index (χ4n) is 1.73. The summed E-state index contributed by atoms with van der Waals surface area (Å²) in [6.07, 6.45) is 8.29. The molecule has 0 spiro atoms. The summed E-state index contributed by atoms with van der Waals surface area (Å²) in [5.74, 6) is -0.303. The lowest BCUT2D eigenvalue weighted by atomic mass is 10.1. The van der Waals surface area contributed by atoms with Gasteiger partial charge in [0.05, 0.1) is 0 Å². The predicted molar refractivity (Wildman–Crippen MR) is 86.3 cm³/mol. The van der Waals surface area contributed by atoms with Crippen molar-refractivity contribution in [3.8, 4) is 0 Å². The monoisotopic (exact) mass is 274 g/mol. The fourth-order valence-corrected chi connectivity index (χ4v) is 1.73. The van der Waals surface area contributed by atoms with Crippen LogP contribution in [0.1, 0.15) is 25.8 Å². The lowest BCUT2D eigenvalue weighted by Gasteiger charge is -2.01. The number of allylic oxidation sites excluding steroid dienone is 4. The second-order valence-electron chi connectivity index (χ2n) is 4.34. The third-order valence-electron chi connectivity index (χ3n) is 2.75. The topological polar surface area (TPSA) is 24.1 Å². The van der Waals surface area contributed by atoms with Gasteiger partial charge in [0.1, 0.15) is 0 Å². The molecular weight excluding hydrogens is 251 g/mol. The molecule has 1 rings (SSSR count). The largest absolute Gasteiger partial charge is 0.388 e. The molecule has 2 nitrogen and oxygen atoms in total. The summed E-state index contributed by atoms with van der Waals surface area (Å²) in [6.45, 7) is 4.49. The van der Waals surface area contributed by atoms with Crippen LogP contribution in [-0.2, 0) is 0 Å². The zero-order valence-corrected chi connectivity index (χ0v) is 12.4. The van der Waals surface area contributed by atoms with Crippen molar-refractivity contribution in [2.75, 3.05) is 18.9 Å². The summed E-state index contributed by atoms with van der Waals surface area (Å²) in [6, 6.07) is 8.07. The summed E-state index contributed by atoms with van der Waals surface area (Å²) in [7, 11) is 1.89. The molecule has 0 fully saturated rings. The minimum atomic E-state index is -0.303. The average molecular weight is 274 g/mol. The molecule has 0 atom stereocenters. The first-order valence-corrected chi connectivity index (χ1v) is 6.96. The smallest absolute Gasteiger partial charge is 0.187 e. The molecule has 20 heavy (non-hydrogen) atoms. The molecule has 108 valence electrons. The quantitative estimate of drug-likeness (QED) is 0.565. The van der Waals surface area contributed by atoms with Crippen LogP contribution < -0.4 is 10.6 Å². The van der Waals surface area contributed by atoms with Crippen molar-refractivity contribution in [1.29, 1.82) is 0 Å². The van der Waals surface area contributed by atoms with Crippen molar-refractivity contribution < 1.29 is 4.39 Å². The molecular formula is C17H23FN2. The van der Waals surface area contributed by atoms with Gasteiger partial charge in [-0.25, -0.2) is 0 Å². The maximum atomic E-state index is 13.5. The second-order valence-corrected chi connectivity index (χ2v) is 4.34. The summed E-state index contributed by atoms with van der Waals surface area (Å²) in [5.41, 5.74) is 3.02. The molecule has 0 unspecified atom stereocenters. The highest BCUT2D eigenvalue weighted by molar-refractivity contribution is 5.58. The first-order valence-electron chi connectivity index (χ1n) is 6.96. The Labute approximate surface area is 121 Å². The number of halogens is 1. The third-order valence-corrected chi connectivity index (χ3v) is 2.75. The number of nitrogens with one attached hydrogen (secondary N) is 2. The van der Waals surface area contributed by atoms with Crippen LogP contribution in [0.4, 0.5) is 10.1 Å². The first kappa shape index (κ1) is 16.0. The maximum Gasteiger partial charge on any atom is 0.187 e. The van der Waals surface area contributed by atoms with Crippen LogP contribution in [0.2, 0.25) is 0 Å². The van der Waals surface area contributed by atoms with Crippen LogP contribution in [0.5, 0.6) is 0 Å². The van der Waals surface area contributed by atoms with Gasteiger partial charge in [-0.05, 0) is 42.7 Å². The summed E-state index contributed by atoms with van der Waals surface area (Å²) < 4.78 is 13.5. The molecule has 0 aromatic heterocycles. The van der Waals surface area contributed by atoms with Gasteiger partial charge in [0.15, 0.2) is 5.95 Å². The van der Waals surface area contributed by atoms with Crippen molar-refractivity contribution in [3.63, 3.8) is 0 Å². The van der Waals surface area contributed by atoms with E-state index in [0.717, 1.165) is 23.2 Å². The fraction of sp³-hybridized carbons (Fsp3) is 0.294. The predicted octanol–water partition coefficient (Wildman–Crippen LogP) is 4.50. The van der Waals surface area contributed by atoms with E-state index in [0.29, 0.717) is 6.54 Å². The third kappa shape index (κ3) is 5.74. The molecule has 0 bridgehead atoms. The molecule has 0 heterocycles. The number of hydrogen-bond acceptors (Lipinski definition) is 2. The highest BCUT2D eigenvalue weighted by Crippen LogP contribution is 2.12. The van der Waals surface area contributed by atoms with E-state index in [4.69, 9.17) is 0 Å². The summed E-state index contributed by atoms with van der Waals surface area (Å²) in [5, 5.41) is 5.74. The number of rotatable bonds is 7. The van der Waals surface area contributed by atoms with Gasteiger partial charge in [0.25, 0.3) is 0 Å². The standard InChI is InChI=1S/C17H23FN2/c1-4-6-15(13-17(18)20-5-2)8-7-14-9-11-16(19-3)12-10-14/h6-13,19-20H,4-5H2,1-3H3. The van der Waals surface area contributed by atoms with E-state index < -0.39 is 0 Å². The van der Waals surface area contributed by atoms with E-state index in [1.807, 2.05) is 63.4 Å². The van der Waals surface area contributed by atoms with Gasteiger partial charge in [-0.15, -0.1) is 0 Å². The number of hydrogen-bond donors (Lipinski definition) is 2. The van der Waals surface area contributed by atoms with Crippen molar-refractivity contribution in [3.05, 3.63) is 59.6 Å². The molecule has 0 saturated heterocycles. The molecule has 0 radical (unpaired) electrons. The van der Waals surface area contributed by atoms with Crippen molar-refractivity contribution in [1.82, 2.24) is 5.32 Å². The van der Waals surface area contributed by atoms with E-state index in [2.05, 4.69) is 10.6 Å². The van der Waals surface area contributed by atoms with Crippen LogP contribution in [0, 0.1) is 0 Å². The van der Waals surface area contributed by atoms with Crippen molar-refractivity contribution in [2.45, 2.75) is 20.3 Å². The minimum absolute atomic E-state index is 0.303. The summed E-state index contributed by atoms with van der Waals surface area (Å²) >= 11 is 0. The van der Waals surface area contributed by atoms with Gasteiger partial charge < -0.3 is 10.6 Å². The molecule has 2 N–H and O–H groups in total. The van der Waals surface area contributed by atoms with Gasteiger partial charge >= 0.3 is 0 Å². The zero-order chi connectivity index (χ0) is 14.8. The normalized spacial score (nSPS) is 12.8. The summed E-state index contributed by atoms with van der Waals surface area (Å²) in [4.78, 5) is 0. The van der Waals surface area contributed by atoms with Gasteiger partial charge in [-0.1, -0.05) is 37.3 Å². The molecule has 0 amide bonds. The van der Waals surface area contributed by atoms with Gasteiger partial charge in [-0.3, -0.25) is 0 Å². The minimum Gasteiger partial charge on any atom is -0.388 e. The number of anilines is 1. The lowest BCUT2D eigenvalue weighted by molar-refractivity contribution is 0.552. The Balaban J connectivity index is 2.81. The Hall–Kier alpha value is -2.03. The highest BCUT2D eigenvalue weighted by Gasteiger charge is 1.94. The van der Waals surface area contributed by atoms with Gasteiger partial charge in [0, 0.05) is 19.3 Å². The SMILES string of the molecule is CCC=C(C=Cc1ccc(NC)cc1)C=C(F)NCC. The maximum absolute atomic E-state index is 13.5. The first-order chi connectivity index (χ1) is 9.69. The molecule has 3 heteroatoms. The van der Waals surface area contributed by atoms with Crippen LogP contribution in [0.3, 0.4) is 0 Å². The zero-order valence-electron chi connectivity index (χ0n) is 12.4. The van der Waals surface area contributed by atoms with E-state index in [1.54, 1.807) is 0 Å². The van der Waals surface area contributed by atoms with Gasteiger partial charge in [-0.2, -0.15) is 4.39 Å². The Kier molecular flexibility index (Phi) is 7.18. The Bertz CT molecular complexity index is 484. The molecule has 0 aliphatic heterocycles. The Morgan fingerprint density at radius 1 is 1.20 bits per heavy atom. The second kappa shape index (κ2) is 8.97. The average Bonchev–Trinajstić information content (AvgIpc) is 2.46. The van der Waals surface area contributed by atoms with E-state index in [1.165, 1.54) is 6.08 Å². The Morgan fingerprint density at radius 2 is 1.90 bits per heavy atom. The highest BCUT2D eigenvalue weighted by atomic mass is 19.1.